The molecule has 0 spiro atoms. The van der Waals surface area contributed by atoms with Gasteiger partial charge in [0.1, 0.15) is 5.75 Å². The summed E-state index contributed by atoms with van der Waals surface area (Å²) >= 11 is 3.51. The van der Waals surface area contributed by atoms with Crippen molar-refractivity contribution < 1.29 is 4.74 Å². The molecule has 3 N–H and O–H groups in total. The first kappa shape index (κ1) is 13.2. The summed E-state index contributed by atoms with van der Waals surface area (Å²) in [6, 6.07) is 4.43. The van der Waals surface area contributed by atoms with Crippen molar-refractivity contribution in [2.45, 2.75) is 32.9 Å². The van der Waals surface area contributed by atoms with Crippen molar-refractivity contribution in [1.82, 2.24) is 5.32 Å². The van der Waals surface area contributed by atoms with Gasteiger partial charge >= 0.3 is 0 Å². The molecule has 1 aromatic rings. The number of fused-ring (bicyclic) bond motifs is 1. The molecule has 0 aromatic heterocycles. The molecule has 1 aliphatic heterocycles. The van der Waals surface area contributed by atoms with E-state index < -0.39 is 0 Å². The Kier molecular flexibility index (Phi) is 4.11. The van der Waals surface area contributed by atoms with Crippen LogP contribution in [0, 0.1) is 0 Å². The highest BCUT2D eigenvalue weighted by Gasteiger charge is 2.17. The van der Waals surface area contributed by atoms with Crippen molar-refractivity contribution in [3.8, 4) is 5.75 Å². The van der Waals surface area contributed by atoms with Crippen molar-refractivity contribution in [2.24, 2.45) is 10.7 Å². The molecule has 0 atom stereocenters. The van der Waals surface area contributed by atoms with Crippen LogP contribution in [0.5, 0.6) is 5.75 Å². The Bertz CT molecular complexity index is 472. The monoisotopic (exact) mass is 311 g/mol. The molecule has 0 unspecified atom stereocenters. The van der Waals surface area contributed by atoms with Gasteiger partial charge in [-0.1, -0.05) is 15.9 Å². The lowest BCUT2D eigenvalue weighted by Crippen LogP contribution is -2.36. The molecule has 0 bridgehead atoms. The maximum absolute atomic E-state index is 5.79. The molecule has 1 aliphatic rings. The number of ether oxygens (including phenoxy) is 1. The molecule has 18 heavy (non-hydrogen) atoms. The Morgan fingerprint density at radius 1 is 1.56 bits per heavy atom. The number of nitrogens with one attached hydrogen (secondary N) is 1. The van der Waals surface area contributed by atoms with Crippen LogP contribution in [-0.2, 0) is 13.0 Å². The van der Waals surface area contributed by atoms with Gasteiger partial charge < -0.3 is 15.8 Å². The van der Waals surface area contributed by atoms with Crippen LogP contribution >= 0.6 is 15.9 Å². The largest absolute Gasteiger partial charge is 0.493 e. The van der Waals surface area contributed by atoms with E-state index in [1.165, 1.54) is 5.56 Å². The Morgan fingerprint density at radius 2 is 2.33 bits per heavy atom. The lowest BCUT2D eigenvalue weighted by atomic mass is 10.1. The van der Waals surface area contributed by atoms with Crippen LogP contribution in [0.15, 0.2) is 21.6 Å². The second-order valence-corrected chi connectivity index (χ2v) is 5.57. The summed E-state index contributed by atoms with van der Waals surface area (Å²) in [5.41, 5.74) is 8.11. The van der Waals surface area contributed by atoms with Gasteiger partial charge in [0.15, 0.2) is 5.96 Å². The minimum atomic E-state index is 0.290. The first-order chi connectivity index (χ1) is 8.56. The Hall–Kier alpha value is -1.23. The maximum atomic E-state index is 5.79. The molecule has 98 valence electrons. The number of hydrogen-bond acceptors (Lipinski definition) is 2. The smallest absolute Gasteiger partial charge is 0.189 e. The minimum Gasteiger partial charge on any atom is -0.493 e. The van der Waals surface area contributed by atoms with Gasteiger partial charge in [-0.15, -0.1) is 0 Å². The van der Waals surface area contributed by atoms with E-state index >= 15 is 0 Å². The highest BCUT2D eigenvalue weighted by Crippen LogP contribution is 2.33. The van der Waals surface area contributed by atoms with E-state index in [0.29, 0.717) is 18.5 Å². The normalized spacial score (nSPS) is 14.6. The fourth-order valence-electron chi connectivity index (χ4n) is 1.98. The zero-order chi connectivity index (χ0) is 13.1. The quantitative estimate of drug-likeness (QED) is 0.664. The average molecular weight is 312 g/mol. The van der Waals surface area contributed by atoms with Crippen molar-refractivity contribution in [3.05, 3.63) is 27.7 Å². The Morgan fingerprint density at radius 3 is 3.06 bits per heavy atom. The number of guanidine groups is 1. The Labute approximate surface area is 116 Å². The fourth-order valence-corrected chi connectivity index (χ4v) is 2.53. The van der Waals surface area contributed by atoms with E-state index in [4.69, 9.17) is 10.5 Å². The van der Waals surface area contributed by atoms with Gasteiger partial charge in [-0.05, 0) is 31.5 Å². The standard InChI is InChI=1S/C13H18BrN3O/c1-8(2)17-13(15)16-7-10-6-11(14)5-9-3-4-18-12(9)10/h5-6,8H,3-4,7H2,1-2H3,(H3,15,16,17). The third kappa shape index (κ3) is 3.16. The van der Waals surface area contributed by atoms with Crippen molar-refractivity contribution in [3.63, 3.8) is 0 Å². The number of halogens is 1. The van der Waals surface area contributed by atoms with E-state index in [9.17, 15) is 0 Å². The van der Waals surface area contributed by atoms with E-state index in [0.717, 1.165) is 28.8 Å². The summed E-state index contributed by atoms with van der Waals surface area (Å²) < 4.78 is 6.71. The van der Waals surface area contributed by atoms with Gasteiger partial charge in [-0.25, -0.2) is 4.99 Å². The van der Waals surface area contributed by atoms with Crippen molar-refractivity contribution in [1.29, 1.82) is 0 Å². The maximum Gasteiger partial charge on any atom is 0.189 e. The van der Waals surface area contributed by atoms with Gasteiger partial charge in [-0.3, -0.25) is 0 Å². The van der Waals surface area contributed by atoms with Crippen molar-refractivity contribution >= 4 is 21.9 Å². The van der Waals surface area contributed by atoms with Crippen LogP contribution in [-0.4, -0.2) is 18.6 Å². The van der Waals surface area contributed by atoms with Crippen LogP contribution < -0.4 is 15.8 Å². The molecule has 5 heteroatoms. The molecule has 0 amide bonds. The van der Waals surface area contributed by atoms with Crippen LogP contribution in [0.1, 0.15) is 25.0 Å². The number of nitrogens with zero attached hydrogens (tertiary/aromatic N) is 1. The van der Waals surface area contributed by atoms with E-state index in [1.807, 2.05) is 19.9 Å². The number of rotatable bonds is 3. The second kappa shape index (κ2) is 5.61. The third-order valence-electron chi connectivity index (χ3n) is 2.68. The predicted octanol–water partition coefficient (Wildman–Crippen LogP) is 2.20. The van der Waals surface area contributed by atoms with Gasteiger partial charge in [0, 0.05) is 22.5 Å². The van der Waals surface area contributed by atoms with E-state index in [1.54, 1.807) is 0 Å². The number of benzene rings is 1. The molecule has 0 fully saturated rings. The first-order valence-electron chi connectivity index (χ1n) is 6.07. The molecule has 1 aromatic carbocycles. The molecule has 0 aliphatic carbocycles. The lowest BCUT2D eigenvalue weighted by molar-refractivity contribution is 0.353. The van der Waals surface area contributed by atoms with Gasteiger partial charge in [0.05, 0.1) is 13.2 Å². The zero-order valence-corrected chi connectivity index (χ0v) is 12.3. The SMILES string of the molecule is CC(C)NC(N)=NCc1cc(Br)cc2c1OCC2. The molecule has 4 nitrogen and oxygen atoms in total. The molecule has 0 saturated heterocycles. The summed E-state index contributed by atoms with van der Waals surface area (Å²) in [4.78, 5) is 4.34. The lowest BCUT2D eigenvalue weighted by Gasteiger charge is -2.10. The number of aliphatic imine (C=N–C) groups is 1. The summed E-state index contributed by atoms with van der Waals surface area (Å²) in [5.74, 6) is 1.44. The molecular formula is C13H18BrN3O. The molecule has 2 rings (SSSR count). The van der Waals surface area contributed by atoms with Crippen LogP contribution in [0.25, 0.3) is 0 Å². The first-order valence-corrected chi connectivity index (χ1v) is 6.86. The average Bonchev–Trinajstić information content (AvgIpc) is 2.72. The molecule has 0 radical (unpaired) electrons. The number of nitrogens with two attached hydrogens (primary N) is 1. The van der Waals surface area contributed by atoms with Crippen molar-refractivity contribution in [2.75, 3.05) is 6.61 Å². The second-order valence-electron chi connectivity index (χ2n) is 4.65. The number of hydrogen-bond donors (Lipinski definition) is 2. The van der Waals surface area contributed by atoms with Crippen LogP contribution in [0.2, 0.25) is 0 Å². The Balaban J connectivity index is 2.15. The molecule has 1 heterocycles. The topological polar surface area (TPSA) is 59.6 Å². The fraction of sp³-hybridized carbons (Fsp3) is 0.462. The third-order valence-corrected chi connectivity index (χ3v) is 3.14. The summed E-state index contributed by atoms with van der Waals surface area (Å²) in [5, 5.41) is 3.07. The highest BCUT2D eigenvalue weighted by molar-refractivity contribution is 9.10. The molecular weight excluding hydrogens is 294 g/mol. The van der Waals surface area contributed by atoms with Gasteiger partial charge in [-0.2, -0.15) is 0 Å². The van der Waals surface area contributed by atoms with Gasteiger partial charge in [0.25, 0.3) is 0 Å². The van der Waals surface area contributed by atoms with E-state index in [-0.39, 0.29) is 0 Å². The molecule has 0 saturated carbocycles. The summed E-state index contributed by atoms with van der Waals surface area (Å²) in [7, 11) is 0. The minimum absolute atomic E-state index is 0.290. The van der Waals surface area contributed by atoms with E-state index in [2.05, 4.69) is 32.3 Å². The van der Waals surface area contributed by atoms with Gasteiger partial charge in [0.2, 0.25) is 0 Å². The van der Waals surface area contributed by atoms with Crippen LogP contribution in [0.3, 0.4) is 0 Å². The highest BCUT2D eigenvalue weighted by atomic mass is 79.9. The summed E-state index contributed by atoms with van der Waals surface area (Å²) in [6.45, 7) is 5.35. The summed E-state index contributed by atoms with van der Waals surface area (Å²) in [6.07, 6.45) is 0.964. The van der Waals surface area contributed by atoms with Crippen LogP contribution in [0.4, 0.5) is 0 Å². The zero-order valence-electron chi connectivity index (χ0n) is 10.7. The predicted molar refractivity (Wildman–Crippen MR) is 76.9 cm³/mol.